The number of methoxy groups -OCH3 is 1. The van der Waals surface area contributed by atoms with E-state index in [-0.39, 0.29) is 43.6 Å². The summed E-state index contributed by atoms with van der Waals surface area (Å²) in [5.74, 6) is 0.130. The fourth-order valence-corrected chi connectivity index (χ4v) is 1.43. The van der Waals surface area contributed by atoms with Gasteiger partial charge in [-0.05, 0) is 30.2 Å². The van der Waals surface area contributed by atoms with Crippen LogP contribution in [0.3, 0.4) is 0 Å². The van der Waals surface area contributed by atoms with Gasteiger partial charge in [0.2, 0.25) is 0 Å². The quantitative estimate of drug-likeness (QED) is 0.374. The molecular formula is C14H11Li2NO2. The maximum atomic E-state index is 11.9. The molecule has 0 heterocycles. The number of hydrogen-bond acceptors (Lipinski definition) is 3. The average Bonchev–Trinajstić information content (AvgIpc) is 2.40. The molecule has 2 aromatic carbocycles. The van der Waals surface area contributed by atoms with Gasteiger partial charge in [0, 0.05) is 24.4 Å². The summed E-state index contributed by atoms with van der Waals surface area (Å²) in [6.07, 6.45) is 0. The Kier molecular flexibility index (Phi) is 8.40. The Labute approximate surface area is 137 Å². The Hall–Kier alpha value is -1.10. The van der Waals surface area contributed by atoms with E-state index >= 15 is 0 Å². The molecule has 0 amide bonds. The first-order valence-corrected chi connectivity index (χ1v) is 5.17. The normalized spacial score (nSPS) is 10.1. The molecule has 5 heteroatoms. The van der Waals surface area contributed by atoms with E-state index in [1.165, 1.54) is 7.11 Å². The van der Waals surface area contributed by atoms with E-state index in [0.29, 0.717) is 17.0 Å². The van der Waals surface area contributed by atoms with E-state index in [4.69, 9.17) is 4.74 Å². The van der Waals surface area contributed by atoms with Crippen LogP contribution in [-0.2, 0) is 0 Å². The minimum atomic E-state index is -0.353. The van der Waals surface area contributed by atoms with Crippen molar-refractivity contribution in [1.82, 2.24) is 0 Å². The van der Waals surface area contributed by atoms with Crippen LogP contribution in [0, 0.1) is 6.07 Å². The second kappa shape index (κ2) is 8.91. The van der Waals surface area contributed by atoms with Crippen molar-refractivity contribution >= 4 is 30.4 Å². The third kappa shape index (κ3) is 4.82. The van der Waals surface area contributed by atoms with Crippen LogP contribution in [0.25, 0.3) is 0 Å². The summed E-state index contributed by atoms with van der Waals surface area (Å²) >= 11 is 0. The van der Waals surface area contributed by atoms with Gasteiger partial charge in [-0.25, -0.2) is 0 Å². The van der Waals surface area contributed by atoms with Crippen molar-refractivity contribution < 1.29 is 28.7 Å². The average molecular weight is 239 g/mol. The zero-order chi connectivity index (χ0) is 12.1. The summed E-state index contributed by atoms with van der Waals surface area (Å²) in [6.45, 7) is 0. The second-order valence-corrected chi connectivity index (χ2v) is 3.37. The summed E-state index contributed by atoms with van der Waals surface area (Å²) in [4.78, 5) is 3.99. The maximum Gasteiger partial charge on any atom is 1.00 e. The van der Waals surface area contributed by atoms with Gasteiger partial charge >= 0.3 is 18.9 Å². The molecule has 0 saturated heterocycles. The van der Waals surface area contributed by atoms with Crippen molar-refractivity contribution in [3.8, 4) is 5.75 Å². The van der Waals surface area contributed by atoms with Gasteiger partial charge in [-0.3, -0.25) is 4.99 Å². The summed E-state index contributed by atoms with van der Waals surface area (Å²) < 4.78 is 5.09. The molecule has 0 unspecified atom stereocenters. The smallest absolute Gasteiger partial charge is 0.858 e. The third-order valence-electron chi connectivity index (χ3n) is 2.24. The fraction of sp³-hybridized carbons (Fsp3) is 0.0714. The van der Waals surface area contributed by atoms with Crippen LogP contribution >= 0.6 is 0 Å². The summed E-state index contributed by atoms with van der Waals surface area (Å²) in [6, 6.07) is 17.1. The van der Waals surface area contributed by atoms with E-state index in [2.05, 4.69) is 11.1 Å². The zero-order valence-electron chi connectivity index (χ0n) is 11.4. The van der Waals surface area contributed by atoms with Crippen LogP contribution in [-0.4, -0.2) is 31.9 Å². The first kappa shape index (κ1) is 17.9. The molecule has 0 aromatic heterocycles. The Morgan fingerprint density at radius 3 is 2.47 bits per heavy atom. The molecule has 0 fully saturated rings. The molecule has 0 spiro atoms. The minimum Gasteiger partial charge on any atom is -0.858 e. The van der Waals surface area contributed by atoms with Gasteiger partial charge in [0.15, 0.2) is 0 Å². The number of ether oxygens (including phenoxy) is 1. The van der Waals surface area contributed by atoms with Crippen molar-refractivity contribution in [2.24, 2.45) is 4.99 Å². The Morgan fingerprint density at radius 1 is 1.16 bits per heavy atom. The van der Waals surface area contributed by atoms with E-state index in [1.54, 1.807) is 30.3 Å². The molecular weight excluding hydrogens is 228 g/mol. The van der Waals surface area contributed by atoms with E-state index in [0.717, 1.165) is 0 Å². The fourth-order valence-electron chi connectivity index (χ4n) is 1.43. The zero-order valence-corrected chi connectivity index (χ0v) is 11.4. The number of nitrogens with zero attached hydrogens (tertiary/aromatic N) is 1. The molecule has 2 rings (SSSR count). The molecule has 0 aliphatic carbocycles. The molecule has 2 aromatic rings. The van der Waals surface area contributed by atoms with Crippen LogP contribution in [0.5, 0.6) is 5.75 Å². The Balaban J connectivity index is 0.00000162. The van der Waals surface area contributed by atoms with E-state index < -0.39 is 0 Å². The molecule has 86 valence electrons. The third-order valence-corrected chi connectivity index (χ3v) is 2.24. The van der Waals surface area contributed by atoms with Crippen LogP contribution in [0.1, 0.15) is 5.56 Å². The van der Waals surface area contributed by atoms with Crippen LogP contribution in [0.4, 0.5) is 5.69 Å². The molecule has 2 radical (unpaired) electrons. The van der Waals surface area contributed by atoms with Gasteiger partial charge in [0.05, 0.1) is 12.8 Å². The van der Waals surface area contributed by atoms with Crippen molar-refractivity contribution in [2.45, 2.75) is 0 Å². The summed E-state index contributed by atoms with van der Waals surface area (Å²) in [5.41, 5.74) is 0.968. The molecule has 0 atom stereocenters. The number of rotatable bonds is 3. The summed E-state index contributed by atoms with van der Waals surface area (Å²) in [7, 11) is 1.52. The van der Waals surface area contributed by atoms with Gasteiger partial charge < -0.3 is 9.84 Å². The van der Waals surface area contributed by atoms with E-state index in [9.17, 15) is 5.11 Å². The van der Waals surface area contributed by atoms with Gasteiger partial charge in [-0.15, -0.1) is 0 Å². The monoisotopic (exact) mass is 239 g/mol. The molecule has 0 saturated carbocycles. The van der Waals surface area contributed by atoms with Crippen molar-refractivity contribution in [3.63, 3.8) is 0 Å². The van der Waals surface area contributed by atoms with Gasteiger partial charge in [-0.2, -0.15) is 0 Å². The number of para-hydroxylation sites is 1. The molecule has 19 heavy (non-hydrogen) atoms. The molecule has 0 aliphatic rings. The first-order chi connectivity index (χ1) is 8.31. The number of hydrogen-bond donors (Lipinski definition) is 0. The largest absolute Gasteiger partial charge is 1.00 e. The van der Waals surface area contributed by atoms with Crippen molar-refractivity contribution in [1.29, 1.82) is 0 Å². The van der Waals surface area contributed by atoms with Gasteiger partial charge in [0.25, 0.3) is 0 Å². The Bertz CT molecular complexity index is 530. The standard InChI is InChI=1S/C14H12NO2.2Li/c1-17-13-10-6-5-9-12(13)14(16)15-11-7-3-2-4-8-11;;/h2-8,10H,1H3,(H,15,16);;/q;;+1/p-1. The predicted octanol–water partition coefficient (Wildman–Crippen LogP) is -1.44. The molecule has 0 N–H and O–H groups in total. The number of benzene rings is 2. The number of aliphatic imine (C=N–C) groups is 1. The molecule has 3 nitrogen and oxygen atoms in total. The Morgan fingerprint density at radius 2 is 1.84 bits per heavy atom. The van der Waals surface area contributed by atoms with Gasteiger partial charge in [-0.1, -0.05) is 30.3 Å². The van der Waals surface area contributed by atoms with Crippen LogP contribution in [0.15, 0.2) is 53.5 Å². The molecule has 0 aliphatic heterocycles. The first-order valence-electron chi connectivity index (χ1n) is 5.17. The second-order valence-electron chi connectivity index (χ2n) is 3.37. The summed E-state index contributed by atoms with van der Waals surface area (Å²) in [5, 5.41) is 11.9. The minimum absolute atomic E-state index is 0. The SMILES string of the molecule is COc1ccc[c]c1C([O-])=Nc1ccccc1.[Li+].[Li]. The van der Waals surface area contributed by atoms with Crippen molar-refractivity contribution in [3.05, 3.63) is 60.2 Å². The van der Waals surface area contributed by atoms with Crippen LogP contribution < -0.4 is 28.7 Å². The van der Waals surface area contributed by atoms with Gasteiger partial charge in [0.1, 0.15) is 5.75 Å². The predicted molar refractivity (Wildman–Crippen MR) is 70.2 cm³/mol. The molecule has 0 bridgehead atoms. The maximum absolute atomic E-state index is 11.9. The van der Waals surface area contributed by atoms with Crippen LogP contribution in [0.2, 0.25) is 0 Å². The van der Waals surface area contributed by atoms with Crippen molar-refractivity contribution in [2.75, 3.05) is 7.11 Å². The van der Waals surface area contributed by atoms with E-state index in [1.807, 2.05) is 18.2 Å². The topological polar surface area (TPSA) is 44.6 Å².